The van der Waals surface area contributed by atoms with Crippen molar-refractivity contribution in [1.82, 2.24) is 5.43 Å². The van der Waals surface area contributed by atoms with Crippen molar-refractivity contribution >= 4 is 40.3 Å². The number of carbonyl (C=O) groups is 3. The van der Waals surface area contributed by atoms with Gasteiger partial charge in [-0.2, -0.15) is 5.10 Å². The molecule has 1 aliphatic carbocycles. The molecule has 0 fully saturated rings. The number of benzene rings is 2. The highest BCUT2D eigenvalue weighted by atomic mass is 32.1. The first-order valence-electron chi connectivity index (χ1n) is 12.4. The smallest absolute Gasteiger partial charge is 0.341 e. The van der Waals surface area contributed by atoms with Crippen molar-refractivity contribution in [2.75, 3.05) is 11.9 Å². The number of hydrazone groups is 1. The molecule has 10 heteroatoms. The predicted molar refractivity (Wildman–Crippen MR) is 145 cm³/mol. The Labute approximate surface area is 224 Å². The van der Waals surface area contributed by atoms with Gasteiger partial charge in [-0.1, -0.05) is 0 Å². The molecular formula is C28H29N3O6S. The second-order valence-corrected chi connectivity index (χ2v) is 9.81. The van der Waals surface area contributed by atoms with Gasteiger partial charge < -0.3 is 19.9 Å². The van der Waals surface area contributed by atoms with E-state index in [4.69, 9.17) is 9.47 Å². The van der Waals surface area contributed by atoms with E-state index >= 15 is 0 Å². The number of aryl methyl sites for hydroxylation is 1. The molecule has 0 saturated carbocycles. The van der Waals surface area contributed by atoms with Gasteiger partial charge in [-0.3, -0.25) is 9.59 Å². The summed E-state index contributed by atoms with van der Waals surface area (Å²) in [5, 5.41) is 16.6. The van der Waals surface area contributed by atoms with Crippen LogP contribution in [0.15, 0.2) is 53.6 Å². The van der Waals surface area contributed by atoms with Crippen molar-refractivity contribution < 1.29 is 29.0 Å². The quantitative estimate of drug-likeness (QED) is 0.208. The minimum atomic E-state index is -0.837. The summed E-state index contributed by atoms with van der Waals surface area (Å²) in [6, 6.07) is 12.7. The van der Waals surface area contributed by atoms with E-state index in [0.29, 0.717) is 27.4 Å². The summed E-state index contributed by atoms with van der Waals surface area (Å²) in [6.45, 7) is 3.61. The minimum Gasteiger partial charge on any atom is -0.508 e. The zero-order valence-corrected chi connectivity index (χ0v) is 22.0. The first kappa shape index (κ1) is 26.9. The van der Waals surface area contributed by atoms with Gasteiger partial charge in [0.15, 0.2) is 6.10 Å². The maximum absolute atomic E-state index is 13.0. The Balaban J connectivity index is 1.36. The average molecular weight is 536 g/mol. The highest BCUT2D eigenvalue weighted by molar-refractivity contribution is 7.17. The molecule has 3 N–H and O–H groups in total. The number of amides is 2. The standard InChI is InChI=1S/C28H29N3O6S/c1-3-36-28(35)24-22-6-4-5-7-23(22)38-27(24)30-26(34)19-10-14-21(15-11-19)37-17(2)25(33)31-29-16-18-8-12-20(32)13-9-18/h8-17,32H,3-7H2,1-2H3,(H,30,34)(H,31,33)/b29-16-/t17-/m1/s1. The molecule has 2 amide bonds. The second kappa shape index (κ2) is 12.4. The number of anilines is 1. The summed E-state index contributed by atoms with van der Waals surface area (Å²) < 4.78 is 10.9. The third kappa shape index (κ3) is 6.57. The number of carbonyl (C=O) groups excluding carboxylic acids is 3. The minimum absolute atomic E-state index is 0.142. The number of hydrogen-bond acceptors (Lipinski definition) is 8. The summed E-state index contributed by atoms with van der Waals surface area (Å²) in [5.74, 6) is -0.662. The summed E-state index contributed by atoms with van der Waals surface area (Å²) in [6.07, 6.45) is 4.38. The maximum Gasteiger partial charge on any atom is 0.341 e. The third-order valence-corrected chi connectivity index (χ3v) is 7.17. The summed E-state index contributed by atoms with van der Waals surface area (Å²) >= 11 is 1.43. The van der Waals surface area contributed by atoms with Crippen LogP contribution in [0.2, 0.25) is 0 Å². The van der Waals surface area contributed by atoms with Gasteiger partial charge in [-0.25, -0.2) is 10.2 Å². The van der Waals surface area contributed by atoms with Crippen LogP contribution in [0.4, 0.5) is 5.00 Å². The topological polar surface area (TPSA) is 126 Å². The third-order valence-electron chi connectivity index (χ3n) is 5.96. The van der Waals surface area contributed by atoms with Gasteiger partial charge in [0.05, 0.1) is 18.4 Å². The Kier molecular flexibility index (Phi) is 8.75. The highest BCUT2D eigenvalue weighted by Gasteiger charge is 2.27. The number of phenols is 1. The molecule has 1 aromatic heterocycles. The van der Waals surface area contributed by atoms with Gasteiger partial charge in [-0.05, 0) is 99.2 Å². The van der Waals surface area contributed by atoms with E-state index in [1.165, 1.54) is 29.7 Å². The molecule has 1 heterocycles. The normalized spacial score (nSPS) is 13.4. The van der Waals surface area contributed by atoms with E-state index in [9.17, 15) is 19.5 Å². The van der Waals surface area contributed by atoms with Crippen molar-refractivity contribution in [2.24, 2.45) is 5.10 Å². The molecule has 0 bridgehead atoms. The van der Waals surface area contributed by atoms with Gasteiger partial charge in [0.25, 0.3) is 11.8 Å². The summed E-state index contributed by atoms with van der Waals surface area (Å²) in [4.78, 5) is 39.0. The number of thiophene rings is 1. The molecule has 1 atom stereocenters. The van der Waals surface area contributed by atoms with E-state index in [1.54, 1.807) is 50.2 Å². The van der Waals surface area contributed by atoms with Crippen molar-refractivity contribution in [3.8, 4) is 11.5 Å². The SMILES string of the molecule is CCOC(=O)c1c(NC(=O)c2ccc(O[C@H](C)C(=O)N/N=C\c3ccc(O)cc3)cc2)sc2c1CCCC2. The van der Waals surface area contributed by atoms with Gasteiger partial charge in [0.1, 0.15) is 16.5 Å². The highest BCUT2D eigenvalue weighted by Crippen LogP contribution is 2.38. The van der Waals surface area contributed by atoms with Crippen LogP contribution in [0, 0.1) is 0 Å². The van der Waals surface area contributed by atoms with Crippen LogP contribution in [-0.4, -0.2) is 41.8 Å². The lowest BCUT2D eigenvalue weighted by molar-refractivity contribution is -0.127. The van der Waals surface area contributed by atoms with Crippen LogP contribution >= 0.6 is 11.3 Å². The lowest BCUT2D eigenvalue weighted by Crippen LogP contribution is -2.33. The van der Waals surface area contributed by atoms with E-state index < -0.39 is 18.0 Å². The number of phenolic OH excluding ortho intramolecular Hbond substituents is 1. The van der Waals surface area contributed by atoms with Crippen molar-refractivity contribution in [1.29, 1.82) is 0 Å². The fraction of sp³-hybridized carbons (Fsp3) is 0.286. The van der Waals surface area contributed by atoms with Crippen molar-refractivity contribution in [2.45, 2.75) is 45.6 Å². The van der Waals surface area contributed by atoms with Gasteiger partial charge in [0.2, 0.25) is 0 Å². The molecule has 198 valence electrons. The number of fused-ring (bicyclic) bond motifs is 1. The Morgan fingerprint density at radius 2 is 1.79 bits per heavy atom. The summed E-state index contributed by atoms with van der Waals surface area (Å²) in [7, 11) is 0. The number of nitrogens with one attached hydrogen (secondary N) is 2. The molecular weight excluding hydrogens is 506 g/mol. The van der Waals surface area contributed by atoms with Crippen LogP contribution in [-0.2, 0) is 22.4 Å². The van der Waals surface area contributed by atoms with E-state index in [-0.39, 0.29) is 18.3 Å². The maximum atomic E-state index is 13.0. The van der Waals surface area contributed by atoms with Crippen LogP contribution in [0.5, 0.6) is 11.5 Å². The zero-order chi connectivity index (χ0) is 27.1. The molecule has 4 rings (SSSR count). The van der Waals surface area contributed by atoms with Gasteiger partial charge in [0, 0.05) is 10.4 Å². The van der Waals surface area contributed by atoms with E-state index in [1.807, 2.05) is 0 Å². The molecule has 2 aromatic carbocycles. The van der Waals surface area contributed by atoms with E-state index in [0.717, 1.165) is 36.1 Å². The van der Waals surface area contributed by atoms with Crippen LogP contribution in [0.3, 0.4) is 0 Å². The molecule has 0 saturated heterocycles. The molecule has 0 aliphatic heterocycles. The average Bonchev–Trinajstić information content (AvgIpc) is 3.28. The first-order chi connectivity index (χ1) is 18.4. The molecule has 9 nitrogen and oxygen atoms in total. The fourth-order valence-corrected chi connectivity index (χ4v) is 5.29. The Hall–Kier alpha value is -4.18. The Morgan fingerprint density at radius 3 is 2.50 bits per heavy atom. The lowest BCUT2D eigenvalue weighted by atomic mass is 9.95. The Bertz CT molecular complexity index is 1330. The van der Waals surface area contributed by atoms with Crippen LogP contribution < -0.4 is 15.5 Å². The van der Waals surface area contributed by atoms with Gasteiger partial charge >= 0.3 is 5.97 Å². The van der Waals surface area contributed by atoms with Crippen molar-refractivity contribution in [3.63, 3.8) is 0 Å². The monoisotopic (exact) mass is 535 g/mol. The molecule has 0 spiro atoms. The second-order valence-electron chi connectivity index (χ2n) is 8.70. The number of esters is 1. The number of hydrogen-bond donors (Lipinski definition) is 3. The van der Waals surface area contributed by atoms with Crippen LogP contribution in [0.25, 0.3) is 0 Å². The number of aromatic hydroxyl groups is 1. The largest absolute Gasteiger partial charge is 0.508 e. The number of nitrogens with zero attached hydrogens (tertiary/aromatic N) is 1. The zero-order valence-electron chi connectivity index (χ0n) is 21.2. The van der Waals surface area contributed by atoms with Gasteiger partial charge in [-0.15, -0.1) is 11.3 Å². The first-order valence-corrected chi connectivity index (χ1v) is 13.2. The number of ether oxygens (including phenoxy) is 2. The lowest BCUT2D eigenvalue weighted by Gasteiger charge is -2.13. The molecule has 1 aliphatic rings. The summed E-state index contributed by atoms with van der Waals surface area (Å²) in [5.41, 5.74) is 4.95. The number of rotatable bonds is 9. The molecule has 0 radical (unpaired) electrons. The van der Waals surface area contributed by atoms with Crippen LogP contribution in [0.1, 0.15) is 63.4 Å². The predicted octanol–water partition coefficient (Wildman–Crippen LogP) is 4.68. The molecule has 3 aromatic rings. The van der Waals surface area contributed by atoms with E-state index in [2.05, 4.69) is 15.8 Å². The fourth-order valence-electron chi connectivity index (χ4n) is 4.01. The molecule has 0 unspecified atom stereocenters. The molecule has 38 heavy (non-hydrogen) atoms. The Morgan fingerprint density at radius 1 is 1.08 bits per heavy atom. The van der Waals surface area contributed by atoms with Crippen molar-refractivity contribution in [3.05, 3.63) is 75.7 Å².